The van der Waals surface area contributed by atoms with Crippen molar-refractivity contribution in [3.05, 3.63) is 28.2 Å². The Bertz CT molecular complexity index is 539. The molecule has 5 nitrogen and oxygen atoms in total. The van der Waals surface area contributed by atoms with E-state index in [9.17, 15) is 13.2 Å². The molecule has 1 aromatic rings. The molecule has 0 aromatic heterocycles. The Morgan fingerprint density at radius 1 is 1.33 bits per heavy atom. The van der Waals surface area contributed by atoms with Crippen molar-refractivity contribution in [1.29, 1.82) is 0 Å². The second-order valence-corrected chi connectivity index (χ2v) is 6.14. The fourth-order valence-corrected chi connectivity index (χ4v) is 2.84. The summed E-state index contributed by atoms with van der Waals surface area (Å²) in [5.41, 5.74) is 0.0636. The van der Waals surface area contributed by atoms with Crippen molar-refractivity contribution in [2.45, 2.75) is 0 Å². The van der Waals surface area contributed by atoms with E-state index in [0.717, 1.165) is 17.7 Å². The van der Waals surface area contributed by atoms with Gasteiger partial charge in [-0.2, -0.15) is 0 Å². The standard InChI is InChI=1S/C10H11Cl2NO4S/c1-17-9(14)6-13(18(2,15)16)10-7(11)4-3-5-8(10)12/h3-5H,6H2,1-2H3. The summed E-state index contributed by atoms with van der Waals surface area (Å²) >= 11 is 11.8. The molecule has 0 saturated heterocycles. The minimum Gasteiger partial charge on any atom is -0.468 e. The molecule has 0 amide bonds. The van der Waals surface area contributed by atoms with E-state index >= 15 is 0 Å². The Balaban J connectivity index is 3.32. The molecule has 0 radical (unpaired) electrons. The van der Waals surface area contributed by atoms with Gasteiger partial charge in [-0.25, -0.2) is 8.42 Å². The average molecular weight is 312 g/mol. The summed E-state index contributed by atoms with van der Waals surface area (Å²) in [5, 5.41) is 0.272. The lowest BCUT2D eigenvalue weighted by Gasteiger charge is -2.23. The highest BCUT2D eigenvalue weighted by molar-refractivity contribution is 7.92. The second-order valence-electron chi connectivity index (χ2n) is 3.42. The maximum absolute atomic E-state index is 11.7. The number of sulfonamides is 1. The van der Waals surface area contributed by atoms with Crippen molar-refractivity contribution in [3.8, 4) is 0 Å². The Kier molecular flexibility index (Phi) is 4.84. The summed E-state index contributed by atoms with van der Waals surface area (Å²) in [5.74, 6) is -0.712. The Labute approximate surface area is 115 Å². The molecule has 1 aromatic carbocycles. The van der Waals surface area contributed by atoms with Gasteiger partial charge in [0.25, 0.3) is 0 Å². The molecule has 0 bridgehead atoms. The summed E-state index contributed by atoms with van der Waals surface area (Å²) in [6, 6.07) is 4.54. The summed E-state index contributed by atoms with van der Waals surface area (Å²) in [4.78, 5) is 11.3. The zero-order valence-electron chi connectivity index (χ0n) is 9.68. The molecule has 0 atom stereocenters. The van der Waals surface area contributed by atoms with Crippen LogP contribution in [0.2, 0.25) is 10.0 Å². The molecule has 0 unspecified atom stereocenters. The van der Waals surface area contributed by atoms with E-state index in [1.165, 1.54) is 12.1 Å². The normalized spacial score (nSPS) is 11.1. The Morgan fingerprint density at radius 3 is 2.22 bits per heavy atom. The van der Waals surface area contributed by atoms with E-state index in [2.05, 4.69) is 4.74 Å². The van der Waals surface area contributed by atoms with Crippen molar-refractivity contribution >= 4 is 44.9 Å². The number of esters is 1. The minimum absolute atomic E-state index is 0.0636. The number of anilines is 1. The van der Waals surface area contributed by atoms with Gasteiger partial charge in [0.2, 0.25) is 10.0 Å². The summed E-state index contributed by atoms with van der Waals surface area (Å²) < 4.78 is 28.6. The summed E-state index contributed by atoms with van der Waals surface area (Å²) in [6.45, 7) is -0.487. The number of rotatable bonds is 4. The van der Waals surface area contributed by atoms with Crippen molar-refractivity contribution in [1.82, 2.24) is 0 Å². The Hall–Kier alpha value is -0.980. The number of para-hydroxylation sites is 1. The fraction of sp³-hybridized carbons (Fsp3) is 0.300. The van der Waals surface area contributed by atoms with Gasteiger partial charge in [0, 0.05) is 0 Å². The minimum atomic E-state index is -3.70. The molecular formula is C10H11Cl2NO4S. The van der Waals surface area contributed by atoms with Gasteiger partial charge in [-0.15, -0.1) is 0 Å². The molecule has 0 saturated carbocycles. The van der Waals surface area contributed by atoms with Crippen LogP contribution >= 0.6 is 23.2 Å². The molecule has 8 heteroatoms. The quantitative estimate of drug-likeness (QED) is 0.797. The first-order chi connectivity index (χ1) is 8.27. The lowest BCUT2D eigenvalue weighted by molar-refractivity contribution is -0.138. The van der Waals surface area contributed by atoms with Gasteiger partial charge >= 0.3 is 5.97 Å². The highest BCUT2D eigenvalue weighted by Crippen LogP contribution is 2.34. The number of carbonyl (C=O) groups excluding carboxylic acids is 1. The molecule has 0 fully saturated rings. The first-order valence-corrected chi connectivity index (χ1v) is 7.36. The van der Waals surface area contributed by atoms with Gasteiger partial charge in [-0.05, 0) is 12.1 Å². The van der Waals surface area contributed by atoms with Crippen LogP contribution in [0.25, 0.3) is 0 Å². The van der Waals surface area contributed by atoms with Gasteiger partial charge in [-0.3, -0.25) is 9.10 Å². The maximum Gasteiger partial charge on any atom is 0.326 e. The third-order valence-electron chi connectivity index (χ3n) is 2.09. The zero-order valence-corrected chi connectivity index (χ0v) is 12.0. The van der Waals surface area contributed by atoms with Gasteiger partial charge < -0.3 is 4.74 Å². The highest BCUT2D eigenvalue weighted by Gasteiger charge is 2.25. The molecule has 0 N–H and O–H groups in total. The largest absolute Gasteiger partial charge is 0.468 e. The molecule has 0 aliphatic rings. The lowest BCUT2D eigenvalue weighted by atomic mass is 10.3. The summed E-state index contributed by atoms with van der Waals surface area (Å²) in [6.07, 6.45) is 0.954. The molecule has 0 aliphatic carbocycles. The van der Waals surface area contributed by atoms with E-state index < -0.39 is 22.5 Å². The molecule has 0 aliphatic heterocycles. The van der Waals surface area contributed by atoms with Gasteiger partial charge in [0.1, 0.15) is 6.54 Å². The second kappa shape index (κ2) is 5.77. The number of carbonyl (C=O) groups is 1. The van der Waals surface area contributed by atoms with E-state index in [1.54, 1.807) is 6.07 Å². The topological polar surface area (TPSA) is 63.7 Å². The van der Waals surface area contributed by atoms with Gasteiger partial charge in [-0.1, -0.05) is 29.3 Å². The van der Waals surface area contributed by atoms with Crippen LogP contribution in [-0.2, 0) is 19.6 Å². The molecule has 18 heavy (non-hydrogen) atoms. The number of ether oxygens (including phenoxy) is 1. The van der Waals surface area contributed by atoms with Crippen LogP contribution in [0.1, 0.15) is 0 Å². The molecule has 0 spiro atoms. The summed E-state index contributed by atoms with van der Waals surface area (Å²) in [7, 11) is -2.54. The van der Waals surface area contributed by atoms with Crippen LogP contribution in [0.5, 0.6) is 0 Å². The predicted molar refractivity (Wildman–Crippen MR) is 70.7 cm³/mol. The van der Waals surface area contributed by atoms with Crippen LogP contribution < -0.4 is 4.31 Å². The average Bonchev–Trinajstić information content (AvgIpc) is 2.25. The first-order valence-electron chi connectivity index (χ1n) is 4.76. The van der Waals surface area contributed by atoms with E-state index in [-0.39, 0.29) is 15.7 Å². The smallest absolute Gasteiger partial charge is 0.326 e. The fourth-order valence-electron chi connectivity index (χ4n) is 1.27. The number of benzene rings is 1. The highest BCUT2D eigenvalue weighted by atomic mass is 35.5. The van der Waals surface area contributed by atoms with Crippen LogP contribution in [0.15, 0.2) is 18.2 Å². The number of nitrogens with zero attached hydrogens (tertiary/aromatic N) is 1. The number of halogens is 2. The van der Waals surface area contributed by atoms with Crippen molar-refractivity contribution < 1.29 is 17.9 Å². The monoisotopic (exact) mass is 311 g/mol. The van der Waals surface area contributed by atoms with E-state index in [0.29, 0.717) is 0 Å². The molecule has 100 valence electrons. The number of hydrogen-bond donors (Lipinski definition) is 0. The lowest BCUT2D eigenvalue weighted by Crippen LogP contribution is -2.35. The third-order valence-corrected chi connectivity index (χ3v) is 3.81. The van der Waals surface area contributed by atoms with Crippen LogP contribution in [0.4, 0.5) is 5.69 Å². The zero-order chi connectivity index (χ0) is 13.9. The number of methoxy groups -OCH3 is 1. The van der Waals surface area contributed by atoms with Crippen LogP contribution in [0.3, 0.4) is 0 Å². The first kappa shape index (κ1) is 15.1. The molecule has 1 rings (SSSR count). The van der Waals surface area contributed by atoms with Gasteiger partial charge in [0.05, 0.1) is 29.1 Å². The number of hydrogen-bond acceptors (Lipinski definition) is 4. The van der Waals surface area contributed by atoms with Gasteiger partial charge in [0.15, 0.2) is 0 Å². The molecule has 0 heterocycles. The Morgan fingerprint density at radius 2 is 1.83 bits per heavy atom. The van der Waals surface area contributed by atoms with Crippen LogP contribution in [-0.4, -0.2) is 34.3 Å². The van der Waals surface area contributed by atoms with Crippen molar-refractivity contribution in [3.63, 3.8) is 0 Å². The van der Waals surface area contributed by atoms with Crippen LogP contribution in [0, 0.1) is 0 Å². The maximum atomic E-state index is 11.7. The predicted octanol–water partition coefficient (Wildman–Crippen LogP) is 1.93. The SMILES string of the molecule is COC(=O)CN(c1c(Cl)cccc1Cl)S(C)(=O)=O. The molecular weight excluding hydrogens is 301 g/mol. The van der Waals surface area contributed by atoms with E-state index in [1.807, 2.05) is 0 Å². The van der Waals surface area contributed by atoms with Crippen molar-refractivity contribution in [2.24, 2.45) is 0 Å². The van der Waals surface area contributed by atoms with Crippen molar-refractivity contribution in [2.75, 3.05) is 24.2 Å². The third kappa shape index (κ3) is 3.51. The van der Waals surface area contributed by atoms with E-state index in [4.69, 9.17) is 23.2 Å².